The molecule has 6 heteroatoms. The predicted octanol–water partition coefficient (Wildman–Crippen LogP) is 1.64. The van der Waals surface area contributed by atoms with E-state index in [0.29, 0.717) is 12.1 Å². The number of nitrogens with two attached hydrogens (primary N) is 1. The lowest BCUT2D eigenvalue weighted by Gasteiger charge is -2.16. The molecular formula is C12H18N4O2. The summed E-state index contributed by atoms with van der Waals surface area (Å²) in [7, 11) is 0. The van der Waals surface area contributed by atoms with E-state index >= 15 is 0 Å². The lowest BCUT2D eigenvalue weighted by molar-refractivity contribution is 0.250. The third-order valence-corrected chi connectivity index (χ3v) is 2.46. The van der Waals surface area contributed by atoms with Gasteiger partial charge in [0, 0.05) is 5.69 Å². The molecule has 6 nitrogen and oxygen atoms in total. The molecule has 1 aromatic carbocycles. The predicted molar refractivity (Wildman–Crippen MR) is 70.8 cm³/mol. The number of carbonyl (C=O) groups is 1. The van der Waals surface area contributed by atoms with E-state index in [1.807, 2.05) is 32.0 Å². The summed E-state index contributed by atoms with van der Waals surface area (Å²) < 4.78 is 0. The van der Waals surface area contributed by atoms with Gasteiger partial charge in [-0.1, -0.05) is 24.2 Å². The van der Waals surface area contributed by atoms with Crippen molar-refractivity contribution in [3.05, 3.63) is 29.8 Å². The second kappa shape index (κ2) is 6.48. The SMILES string of the molecule is CCC(NC(=O)Nc1cccc(C)c1)/C(N)=N/O. The summed E-state index contributed by atoms with van der Waals surface area (Å²) in [5.74, 6) is -0.0168. The molecule has 0 saturated carbocycles. The Morgan fingerprint density at radius 2 is 2.28 bits per heavy atom. The molecule has 5 N–H and O–H groups in total. The van der Waals surface area contributed by atoms with Crippen LogP contribution < -0.4 is 16.4 Å². The Balaban J connectivity index is 2.61. The minimum atomic E-state index is -0.486. The van der Waals surface area contributed by atoms with Gasteiger partial charge >= 0.3 is 6.03 Å². The van der Waals surface area contributed by atoms with Crippen LogP contribution in [-0.4, -0.2) is 23.1 Å². The van der Waals surface area contributed by atoms with Gasteiger partial charge in [0.15, 0.2) is 5.84 Å². The van der Waals surface area contributed by atoms with Crippen molar-refractivity contribution in [1.29, 1.82) is 0 Å². The molecule has 0 bridgehead atoms. The van der Waals surface area contributed by atoms with Gasteiger partial charge in [-0.2, -0.15) is 0 Å². The smallest absolute Gasteiger partial charge is 0.319 e. The number of benzene rings is 1. The van der Waals surface area contributed by atoms with Crippen LogP contribution in [0.25, 0.3) is 0 Å². The van der Waals surface area contributed by atoms with E-state index in [4.69, 9.17) is 10.9 Å². The second-order valence-corrected chi connectivity index (χ2v) is 3.95. The van der Waals surface area contributed by atoms with Gasteiger partial charge in [-0.25, -0.2) is 4.79 Å². The van der Waals surface area contributed by atoms with Crippen LogP contribution in [-0.2, 0) is 0 Å². The Kier molecular flexibility index (Phi) is 4.98. The van der Waals surface area contributed by atoms with Crippen LogP contribution in [0.4, 0.5) is 10.5 Å². The van der Waals surface area contributed by atoms with Crippen LogP contribution >= 0.6 is 0 Å². The summed E-state index contributed by atoms with van der Waals surface area (Å²) in [6, 6.07) is 6.56. The van der Waals surface area contributed by atoms with E-state index < -0.39 is 6.04 Å². The van der Waals surface area contributed by atoms with Gasteiger partial charge in [0.05, 0.1) is 6.04 Å². The van der Waals surface area contributed by atoms with E-state index in [1.54, 1.807) is 6.07 Å². The number of oxime groups is 1. The van der Waals surface area contributed by atoms with Crippen molar-refractivity contribution in [3.8, 4) is 0 Å². The summed E-state index contributed by atoms with van der Waals surface area (Å²) >= 11 is 0. The molecule has 98 valence electrons. The maximum atomic E-state index is 11.7. The highest BCUT2D eigenvalue weighted by Gasteiger charge is 2.14. The largest absolute Gasteiger partial charge is 0.409 e. The van der Waals surface area contributed by atoms with Crippen molar-refractivity contribution in [2.45, 2.75) is 26.3 Å². The molecule has 1 atom stereocenters. The monoisotopic (exact) mass is 250 g/mol. The van der Waals surface area contributed by atoms with Gasteiger partial charge in [0.2, 0.25) is 0 Å². The quantitative estimate of drug-likeness (QED) is 0.283. The van der Waals surface area contributed by atoms with Crippen LogP contribution in [0.2, 0.25) is 0 Å². The van der Waals surface area contributed by atoms with Crippen LogP contribution in [0.15, 0.2) is 29.4 Å². The number of hydrogen-bond acceptors (Lipinski definition) is 3. The van der Waals surface area contributed by atoms with Crippen LogP contribution in [0.1, 0.15) is 18.9 Å². The first-order valence-corrected chi connectivity index (χ1v) is 5.68. The third-order valence-electron chi connectivity index (χ3n) is 2.46. The normalized spacial score (nSPS) is 12.9. The Morgan fingerprint density at radius 1 is 1.56 bits per heavy atom. The molecule has 0 aliphatic carbocycles. The maximum absolute atomic E-state index is 11.7. The summed E-state index contributed by atoms with van der Waals surface area (Å²) in [6.07, 6.45) is 0.539. The number of anilines is 1. The first kappa shape index (κ1) is 13.8. The van der Waals surface area contributed by atoms with Crippen molar-refractivity contribution in [2.24, 2.45) is 10.9 Å². The van der Waals surface area contributed by atoms with E-state index in [-0.39, 0.29) is 11.9 Å². The summed E-state index contributed by atoms with van der Waals surface area (Å²) in [6.45, 7) is 3.77. The molecule has 1 unspecified atom stereocenters. The number of urea groups is 1. The van der Waals surface area contributed by atoms with Crippen molar-refractivity contribution < 1.29 is 10.0 Å². The van der Waals surface area contributed by atoms with E-state index in [9.17, 15) is 4.79 Å². The Bertz CT molecular complexity index is 445. The number of nitrogens with zero attached hydrogens (tertiary/aromatic N) is 1. The zero-order chi connectivity index (χ0) is 13.5. The molecule has 0 aliphatic heterocycles. The third kappa shape index (κ3) is 3.97. The van der Waals surface area contributed by atoms with Gasteiger partial charge in [-0.3, -0.25) is 0 Å². The Labute approximate surface area is 106 Å². The highest BCUT2D eigenvalue weighted by atomic mass is 16.4. The molecule has 0 aromatic heterocycles. The highest BCUT2D eigenvalue weighted by molar-refractivity contribution is 5.94. The van der Waals surface area contributed by atoms with E-state index in [2.05, 4.69) is 15.8 Å². The number of amidine groups is 1. The lowest BCUT2D eigenvalue weighted by Crippen LogP contribution is -2.45. The lowest BCUT2D eigenvalue weighted by atomic mass is 10.2. The highest BCUT2D eigenvalue weighted by Crippen LogP contribution is 2.09. The van der Waals surface area contributed by atoms with Gasteiger partial charge in [-0.15, -0.1) is 0 Å². The molecule has 0 aliphatic rings. The molecule has 0 radical (unpaired) electrons. The van der Waals surface area contributed by atoms with Crippen molar-refractivity contribution in [2.75, 3.05) is 5.32 Å². The number of amides is 2. The Hall–Kier alpha value is -2.24. The van der Waals surface area contributed by atoms with Gasteiger partial charge in [0.1, 0.15) is 0 Å². The number of nitrogens with one attached hydrogen (secondary N) is 2. The first-order valence-electron chi connectivity index (χ1n) is 5.68. The molecular weight excluding hydrogens is 232 g/mol. The topological polar surface area (TPSA) is 99.7 Å². The van der Waals surface area contributed by atoms with E-state index in [0.717, 1.165) is 5.56 Å². The number of aryl methyl sites for hydroxylation is 1. The van der Waals surface area contributed by atoms with Gasteiger partial charge in [-0.05, 0) is 31.0 Å². The van der Waals surface area contributed by atoms with Gasteiger partial charge in [0.25, 0.3) is 0 Å². The van der Waals surface area contributed by atoms with Crippen molar-refractivity contribution in [1.82, 2.24) is 5.32 Å². The molecule has 1 aromatic rings. The second-order valence-electron chi connectivity index (χ2n) is 3.95. The standard InChI is InChI=1S/C12H18N4O2/c1-3-10(11(13)16-18)15-12(17)14-9-6-4-5-8(2)7-9/h4-7,10,18H,3H2,1-2H3,(H2,13,16)(H2,14,15,17). The van der Waals surface area contributed by atoms with Crippen LogP contribution in [0.5, 0.6) is 0 Å². The van der Waals surface area contributed by atoms with Gasteiger partial charge < -0.3 is 21.6 Å². The van der Waals surface area contributed by atoms with Crippen molar-refractivity contribution in [3.63, 3.8) is 0 Å². The zero-order valence-electron chi connectivity index (χ0n) is 10.5. The fraction of sp³-hybridized carbons (Fsp3) is 0.333. The fourth-order valence-electron chi connectivity index (χ4n) is 1.50. The van der Waals surface area contributed by atoms with Crippen LogP contribution in [0.3, 0.4) is 0 Å². The number of rotatable bonds is 4. The molecule has 1 rings (SSSR count). The minimum Gasteiger partial charge on any atom is -0.409 e. The summed E-state index contributed by atoms with van der Waals surface area (Å²) in [5.41, 5.74) is 7.20. The summed E-state index contributed by atoms with van der Waals surface area (Å²) in [5, 5.41) is 16.8. The zero-order valence-corrected chi connectivity index (χ0v) is 10.5. The molecule has 18 heavy (non-hydrogen) atoms. The fourth-order valence-corrected chi connectivity index (χ4v) is 1.50. The average Bonchev–Trinajstić information content (AvgIpc) is 2.35. The van der Waals surface area contributed by atoms with Crippen molar-refractivity contribution >= 4 is 17.6 Å². The number of carbonyl (C=O) groups excluding carboxylic acids is 1. The number of hydrogen-bond donors (Lipinski definition) is 4. The average molecular weight is 250 g/mol. The van der Waals surface area contributed by atoms with Crippen LogP contribution in [0, 0.1) is 6.92 Å². The molecule has 0 heterocycles. The molecule has 0 fully saturated rings. The molecule has 0 saturated heterocycles. The summed E-state index contributed by atoms with van der Waals surface area (Å²) in [4.78, 5) is 11.7. The van der Waals surface area contributed by atoms with E-state index in [1.165, 1.54) is 0 Å². The Morgan fingerprint density at radius 3 is 2.83 bits per heavy atom. The molecule has 2 amide bonds. The maximum Gasteiger partial charge on any atom is 0.319 e. The molecule has 0 spiro atoms. The first-order chi connectivity index (χ1) is 8.56. The minimum absolute atomic E-state index is 0.0168.